The molecule has 7 nitrogen and oxygen atoms in total. The number of Topliss-reactive ketones (excluding diaryl/α,β-unsaturated/α-hetero) is 1. The molecule has 174 valence electrons. The maximum absolute atomic E-state index is 13.5. The molecule has 33 heavy (non-hydrogen) atoms. The van der Waals surface area contributed by atoms with E-state index in [0.717, 1.165) is 6.20 Å². The largest absolute Gasteiger partial charge is 0.344 e. The first-order valence-corrected chi connectivity index (χ1v) is 10.6. The lowest BCUT2D eigenvalue weighted by atomic mass is 10.1. The molecule has 3 aromatic rings. The van der Waals surface area contributed by atoms with Gasteiger partial charge in [-0.3, -0.25) is 19.7 Å². The second kappa shape index (κ2) is 8.81. The van der Waals surface area contributed by atoms with Gasteiger partial charge in [-0.2, -0.15) is 0 Å². The van der Waals surface area contributed by atoms with E-state index < -0.39 is 29.3 Å². The van der Waals surface area contributed by atoms with Crippen molar-refractivity contribution in [2.45, 2.75) is 33.6 Å². The van der Waals surface area contributed by atoms with Crippen molar-refractivity contribution in [3.05, 3.63) is 63.2 Å². The van der Waals surface area contributed by atoms with Crippen LogP contribution in [-0.4, -0.2) is 27.1 Å². The molecule has 0 saturated carbocycles. The monoisotopic (exact) mass is 478 g/mol. The Hall–Kier alpha value is -3.47. The Morgan fingerprint density at radius 3 is 2.36 bits per heavy atom. The molecule has 0 unspecified atom stereocenters. The number of alkyl halides is 2. The first-order chi connectivity index (χ1) is 15.3. The Morgan fingerprint density at radius 1 is 1.12 bits per heavy atom. The van der Waals surface area contributed by atoms with E-state index in [1.54, 1.807) is 13.8 Å². The van der Waals surface area contributed by atoms with Crippen molar-refractivity contribution >= 4 is 39.8 Å². The standard InChI is InChI=1S/C22H21F3N4O3S/c1-10-8-13(6-7-14(10)23)27-19(31)16-11(2)17(29(5)12(16)3)18(30)20(32)28-21-26-9-15(33-21)22(4,24)25/h6-9H,1-5H3,(H,27,31)(H,26,28,32). The third-order valence-corrected chi connectivity index (χ3v) is 6.24. The molecule has 2 heterocycles. The molecule has 0 saturated heterocycles. The van der Waals surface area contributed by atoms with Crippen LogP contribution in [0.15, 0.2) is 24.4 Å². The van der Waals surface area contributed by atoms with Crippen molar-refractivity contribution in [2.75, 3.05) is 10.6 Å². The fourth-order valence-corrected chi connectivity index (χ4v) is 4.09. The molecule has 0 bridgehead atoms. The van der Waals surface area contributed by atoms with Crippen molar-refractivity contribution in [1.29, 1.82) is 0 Å². The molecule has 2 amide bonds. The van der Waals surface area contributed by atoms with Crippen LogP contribution in [0.2, 0.25) is 0 Å². The van der Waals surface area contributed by atoms with Gasteiger partial charge in [-0.1, -0.05) is 11.3 Å². The molecule has 0 aliphatic carbocycles. The summed E-state index contributed by atoms with van der Waals surface area (Å²) in [6.45, 7) is 5.40. The van der Waals surface area contributed by atoms with Crippen LogP contribution in [0, 0.1) is 26.6 Å². The Labute approximate surface area is 191 Å². The third-order valence-electron chi connectivity index (χ3n) is 5.15. The number of thiazole rings is 1. The number of aryl methyl sites for hydroxylation is 1. The zero-order valence-electron chi connectivity index (χ0n) is 18.5. The van der Waals surface area contributed by atoms with Crippen LogP contribution in [0.4, 0.5) is 24.0 Å². The molecule has 1 aromatic carbocycles. The van der Waals surface area contributed by atoms with Crippen molar-refractivity contribution in [3.63, 3.8) is 0 Å². The molecular weight excluding hydrogens is 457 g/mol. The minimum Gasteiger partial charge on any atom is -0.344 e. The highest BCUT2D eigenvalue weighted by atomic mass is 32.1. The van der Waals surface area contributed by atoms with Crippen LogP contribution in [-0.2, 0) is 17.8 Å². The number of hydrogen-bond donors (Lipinski definition) is 2. The van der Waals surface area contributed by atoms with Crippen LogP contribution >= 0.6 is 11.3 Å². The number of ketones is 1. The maximum atomic E-state index is 13.5. The van der Waals surface area contributed by atoms with Crippen LogP contribution in [0.3, 0.4) is 0 Å². The molecule has 11 heteroatoms. The molecule has 0 aliphatic heterocycles. The summed E-state index contributed by atoms with van der Waals surface area (Å²) in [5, 5.41) is 4.76. The molecule has 0 spiro atoms. The molecular formula is C22H21F3N4O3S. The van der Waals surface area contributed by atoms with Crippen LogP contribution in [0.1, 0.15) is 49.5 Å². The van der Waals surface area contributed by atoms with Gasteiger partial charge >= 0.3 is 0 Å². The number of anilines is 2. The summed E-state index contributed by atoms with van der Waals surface area (Å²) >= 11 is 0.563. The van der Waals surface area contributed by atoms with Gasteiger partial charge < -0.3 is 9.88 Å². The van der Waals surface area contributed by atoms with Gasteiger partial charge in [0.05, 0.1) is 16.1 Å². The first-order valence-electron chi connectivity index (χ1n) is 9.74. The van der Waals surface area contributed by atoms with Crippen molar-refractivity contribution < 1.29 is 27.6 Å². The lowest BCUT2D eigenvalue weighted by molar-refractivity contribution is -0.112. The van der Waals surface area contributed by atoms with E-state index in [9.17, 15) is 27.6 Å². The molecule has 0 aliphatic rings. The van der Waals surface area contributed by atoms with E-state index in [1.807, 2.05) is 0 Å². The Kier molecular flexibility index (Phi) is 6.46. The molecule has 3 rings (SSSR count). The second-order valence-electron chi connectivity index (χ2n) is 7.61. The van der Waals surface area contributed by atoms with E-state index >= 15 is 0 Å². The number of hydrogen-bond acceptors (Lipinski definition) is 5. The number of benzene rings is 1. The normalized spacial score (nSPS) is 11.4. The maximum Gasteiger partial charge on any atom is 0.300 e. The number of carbonyl (C=O) groups excluding carboxylic acids is 3. The highest BCUT2D eigenvalue weighted by Gasteiger charge is 2.31. The van der Waals surface area contributed by atoms with E-state index in [-0.39, 0.29) is 26.8 Å². The van der Waals surface area contributed by atoms with Gasteiger partial charge in [-0.15, -0.1) is 0 Å². The van der Waals surface area contributed by atoms with E-state index in [4.69, 9.17) is 0 Å². The average molecular weight is 478 g/mol. The van der Waals surface area contributed by atoms with E-state index in [2.05, 4.69) is 15.6 Å². The quantitative estimate of drug-likeness (QED) is 0.396. The number of halogens is 3. The van der Waals surface area contributed by atoms with Gasteiger partial charge in [-0.25, -0.2) is 18.2 Å². The summed E-state index contributed by atoms with van der Waals surface area (Å²) in [5.41, 5.74) is 1.60. The molecule has 2 aromatic heterocycles. The Morgan fingerprint density at radius 2 is 1.79 bits per heavy atom. The summed E-state index contributed by atoms with van der Waals surface area (Å²) in [7, 11) is 1.53. The van der Waals surface area contributed by atoms with Gasteiger partial charge in [0.1, 0.15) is 5.82 Å². The number of rotatable bonds is 6. The Bertz CT molecular complexity index is 1270. The summed E-state index contributed by atoms with van der Waals surface area (Å²) in [6, 6.07) is 4.12. The van der Waals surface area contributed by atoms with Crippen LogP contribution < -0.4 is 10.6 Å². The number of amides is 2. The first kappa shape index (κ1) is 24.2. The summed E-state index contributed by atoms with van der Waals surface area (Å²) in [6.07, 6.45) is 0.933. The van der Waals surface area contributed by atoms with E-state index in [0.29, 0.717) is 35.2 Å². The zero-order chi connectivity index (χ0) is 24.7. The average Bonchev–Trinajstić information content (AvgIpc) is 3.27. The number of nitrogens with one attached hydrogen (secondary N) is 2. The summed E-state index contributed by atoms with van der Waals surface area (Å²) in [4.78, 5) is 41.6. The lowest BCUT2D eigenvalue weighted by Gasteiger charge is -2.07. The molecule has 0 radical (unpaired) electrons. The SMILES string of the molecule is Cc1cc(NC(=O)c2c(C)c(C(=O)C(=O)Nc3ncc(C(C)(F)F)s3)n(C)c2C)ccc1F. The highest BCUT2D eigenvalue weighted by Crippen LogP contribution is 2.33. The summed E-state index contributed by atoms with van der Waals surface area (Å²) in [5.74, 6) is -6.08. The molecule has 0 fully saturated rings. The third kappa shape index (κ3) is 4.82. The number of carbonyl (C=O) groups is 3. The predicted molar refractivity (Wildman–Crippen MR) is 119 cm³/mol. The fourth-order valence-electron chi connectivity index (χ4n) is 3.35. The second-order valence-corrected chi connectivity index (χ2v) is 8.64. The van der Waals surface area contributed by atoms with Crippen LogP contribution in [0.5, 0.6) is 0 Å². The van der Waals surface area contributed by atoms with Gasteiger partial charge in [0.15, 0.2) is 5.13 Å². The smallest absolute Gasteiger partial charge is 0.300 e. The zero-order valence-corrected chi connectivity index (χ0v) is 19.3. The van der Waals surface area contributed by atoms with Crippen molar-refractivity contribution in [1.82, 2.24) is 9.55 Å². The van der Waals surface area contributed by atoms with Crippen molar-refractivity contribution in [3.8, 4) is 0 Å². The van der Waals surface area contributed by atoms with Crippen molar-refractivity contribution in [2.24, 2.45) is 7.05 Å². The topological polar surface area (TPSA) is 93.1 Å². The lowest BCUT2D eigenvalue weighted by Crippen LogP contribution is -2.25. The number of nitrogens with zero attached hydrogens (tertiary/aromatic N) is 2. The van der Waals surface area contributed by atoms with Gasteiger partial charge in [0, 0.05) is 31.5 Å². The Balaban J connectivity index is 1.85. The van der Waals surface area contributed by atoms with E-state index in [1.165, 1.54) is 36.7 Å². The predicted octanol–water partition coefficient (Wildman–Crippen LogP) is 4.73. The van der Waals surface area contributed by atoms with Gasteiger partial charge in [0.2, 0.25) is 0 Å². The highest BCUT2D eigenvalue weighted by molar-refractivity contribution is 7.15. The minimum atomic E-state index is -3.12. The minimum absolute atomic E-state index is 0.0250. The van der Waals surface area contributed by atoms with Crippen LogP contribution in [0.25, 0.3) is 0 Å². The van der Waals surface area contributed by atoms with Gasteiger partial charge in [-0.05, 0) is 50.1 Å². The number of aromatic nitrogens is 2. The molecule has 0 atom stereocenters. The molecule has 2 N–H and O–H groups in total. The fraction of sp³-hybridized carbons (Fsp3) is 0.273. The van der Waals surface area contributed by atoms with Gasteiger partial charge in [0.25, 0.3) is 23.5 Å². The summed E-state index contributed by atoms with van der Waals surface area (Å²) < 4.78 is 41.7.